The molecule has 1 N–H and O–H groups in total. The average Bonchev–Trinajstić information content (AvgIpc) is 2.82. The third-order valence-corrected chi connectivity index (χ3v) is 4.64. The Hall–Kier alpha value is -3.60. The van der Waals surface area contributed by atoms with Gasteiger partial charge in [-0.05, 0) is 65.9 Å². The van der Waals surface area contributed by atoms with Crippen LogP contribution in [0.15, 0.2) is 84.0 Å². The minimum absolute atomic E-state index is 0.0854. The van der Waals surface area contributed by atoms with Gasteiger partial charge in [-0.25, -0.2) is 5.43 Å². The van der Waals surface area contributed by atoms with Gasteiger partial charge in [0.2, 0.25) is 0 Å². The standard InChI is InChI=1S/C26H28N2O3/c1-2-3-7-21-10-14-25(15-11-21)31-20-26(29)28-27-18-22-12-16-24(17-13-22)30-19-23-8-5-4-6-9-23/h4-6,8-18H,2-3,7,19-20H2,1H3,(H,28,29)/b27-18+. The third kappa shape index (κ3) is 7.97. The van der Waals surface area contributed by atoms with Gasteiger partial charge in [0.15, 0.2) is 6.61 Å². The first kappa shape index (κ1) is 22.1. The molecule has 1 amide bonds. The lowest BCUT2D eigenvalue weighted by molar-refractivity contribution is -0.123. The van der Waals surface area contributed by atoms with Crippen LogP contribution >= 0.6 is 0 Å². The van der Waals surface area contributed by atoms with E-state index in [1.807, 2.05) is 78.9 Å². The Balaban J connectivity index is 1.38. The van der Waals surface area contributed by atoms with E-state index in [9.17, 15) is 4.79 Å². The zero-order valence-electron chi connectivity index (χ0n) is 17.8. The zero-order valence-corrected chi connectivity index (χ0v) is 17.8. The highest BCUT2D eigenvalue weighted by Crippen LogP contribution is 2.14. The SMILES string of the molecule is CCCCc1ccc(OCC(=O)N/N=C/c2ccc(OCc3ccccc3)cc2)cc1. The third-order valence-electron chi connectivity index (χ3n) is 4.64. The van der Waals surface area contributed by atoms with Crippen LogP contribution in [0.3, 0.4) is 0 Å². The molecule has 5 nitrogen and oxygen atoms in total. The number of hydrogen-bond donors (Lipinski definition) is 1. The van der Waals surface area contributed by atoms with Gasteiger partial charge < -0.3 is 9.47 Å². The molecule has 0 radical (unpaired) electrons. The maximum absolute atomic E-state index is 11.9. The lowest BCUT2D eigenvalue weighted by Gasteiger charge is -2.07. The number of nitrogens with one attached hydrogen (secondary N) is 1. The van der Waals surface area contributed by atoms with Crippen LogP contribution in [0.2, 0.25) is 0 Å². The van der Waals surface area contributed by atoms with Gasteiger partial charge in [-0.1, -0.05) is 55.8 Å². The molecule has 0 aliphatic heterocycles. The Morgan fingerprint density at radius 2 is 1.55 bits per heavy atom. The van der Waals surface area contributed by atoms with Gasteiger partial charge >= 0.3 is 0 Å². The van der Waals surface area contributed by atoms with Crippen molar-refractivity contribution in [1.82, 2.24) is 5.43 Å². The summed E-state index contributed by atoms with van der Waals surface area (Å²) in [7, 11) is 0. The minimum Gasteiger partial charge on any atom is -0.489 e. The number of hydrazone groups is 1. The molecular formula is C26H28N2O3. The number of amides is 1. The first-order valence-corrected chi connectivity index (χ1v) is 10.5. The molecular weight excluding hydrogens is 388 g/mol. The maximum atomic E-state index is 11.9. The van der Waals surface area contributed by atoms with Crippen LogP contribution in [0.5, 0.6) is 11.5 Å². The van der Waals surface area contributed by atoms with E-state index >= 15 is 0 Å². The molecule has 3 aromatic carbocycles. The normalized spacial score (nSPS) is 10.7. The summed E-state index contributed by atoms with van der Waals surface area (Å²) >= 11 is 0. The van der Waals surface area contributed by atoms with Crippen LogP contribution in [0.4, 0.5) is 0 Å². The first-order valence-electron chi connectivity index (χ1n) is 10.5. The van der Waals surface area contributed by atoms with Gasteiger partial charge in [0.05, 0.1) is 6.21 Å². The molecule has 0 bridgehead atoms. The molecule has 0 unspecified atom stereocenters. The van der Waals surface area contributed by atoms with E-state index < -0.39 is 0 Å². The molecule has 0 heterocycles. The summed E-state index contributed by atoms with van der Waals surface area (Å²) in [5, 5.41) is 3.98. The van der Waals surface area contributed by atoms with Crippen LogP contribution in [0, 0.1) is 0 Å². The highest BCUT2D eigenvalue weighted by atomic mass is 16.5. The first-order chi connectivity index (χ1) is 15.2. The second-order valence-corrected chi connectivity index (χ2v) is 7.17. The van der Waals surface area contributed by atoms with Crippen LogP contribution in [-0.2, 0) is 17.8 Å². The van der Waals surface area contributed by atoms with E-state index in [1.54, 1.807) is 6.21 Å². The highest BCUT2D eigenvalue weighted by molar-refractivity contribution is 5.83. The molecule has 0 aromatic heterocycles. The fourth-order valence-corrected chi connectivity index (χ4v) is 2.88. The smallest absolute Gasteiger partial charge is 0.277 e. The summed E-state index contributed by atoms with van der Waals surface area (Å²) in [5.41, 5.74) is 5.73. The van der Waals surface area contributed by atoms with E-state index in [1.165, 1.54) is 18.4 Å². The van der Waals surface area contributed by atoms with Gasteiger partial charge in [0.25, 0.3) is 5.91 Å². The molecule has 0 spiro atoms. The Bertz CT molecular complexity index is 952. The zero-order chi connectivity index (χ0) is 21.7. The van der Waals surface area contributed by atoms with E-state index in [4.69, 9.17) is 9.47 Å². The van der Waals surface area contributed by atoms with Crippen molar-refractivity contribution >= 4 is 12.1 Å². The van der Waals surface area contributed by atoms with E-state index in [-0.39, 0.29) is 12.5 Å². The molecule has 160 valence electrons. The molecule has 3 aromatic rings. The van der Waals surface area contributed by atoms with Gasteiger partial charge in [-0.2, -0.15) is 5.10 Å². The number of rotatable bonds is 11. The predicted octanol–water partition coefficient (Wildman–Crippen LogP) is 5.14. The van der Waals surface area contributed by atoms with Crippen molar-refractivity contribution in [2.75, 3.05) is 6.61 Å². The van der Waals surface area contributed by atoms with Crippen molar-refractivity contribution in [3.63, 3.8) is 0 Å². The summed E-state index contributed by atoms with van der Waals surface area (Å²) in [6, 6.07) is 25.4. The second kappa shape index (κ2) is 12.2. The van der Waals surface area contributed by atoms with Crippen molar-refractivity contribution in [3.05, 3.63) is 95.6 Å². The molecule has 0 aliphatic rings. The number of carbonyl (C=O) groups is 1. The van der Waals surface area contributed by atoms with Gasteiger partial charge in [-0.3, -0.25) is 4.79 Å². The summed E-state index contributed by atoms with van der Waals surface area (Å²) in [6.07, 6.45) is 4.99. The molecule has 0 saturated heterocycles. The summed E-state index contributed by atoms with van der Waals surface area (Å²) < 4.78 is 11.3. The van der Waals surface area contributed by atoms with Gasteiger partial charge in [-0.15, -0.1) is 0 Å². The van der Waals surface area contributed by atoms with Gasteiger partial charge in [0.1, 0.15) is 18.1 Å². The van der Waals surface area contributed by atoms with E-state index in [0.717, 1.165) is 23.3 Å². The maximum Gasteiger partial charge on any atom is 0.277 e. The van der Waals surface area contributed by atoms with Crippen molar-refractivity contribution in [3.8, 4) is 11.5 Å². The van der Waals surface area contributed by atoms with Crippen LogP contribution in [0.25, 0.3) is 0 Å². The quantitative estimate of drug-likeness (QED) is 0.348. The number of benzene rings is 3. The highest BCUT2D eigenvalue weighted by Gasteiger charge is 2.02. The largest absolute Gasteiger partial charge is 0.489 e. The van der Waals surface area contributed by atoms with E-state index in [0.29, 0.717) is 12.4 Å². The summed E-state index contributed by atoms with van der Waals surface area (Å²) in [6.45, 7) is 2.61. The predicted molar refractivity (Wildman–Crippen MR) is 124 cm³/mol. The molecule has 5 heteroatoms. The monoisotopic (exact) mass is 416 g/mol. The summed E-state index contributed by atoms with van der Waals surface area (Å²) in [5.74, 6) is 1.14. The topological polar surface area (TPSA) is 59.9 Å². The number of aryl methyl sites for hydroxylation is 1. The summed E-state index contributed by atoms with van der Waals surface area (Å²) in [4.78, 5) is 11.9. The van der Waals surface area contributed by atoms with Crippen LogP contribution in [0.1, 0.15) is 36.5 Å². The molecule has 31 heavy (non-hydrogen) atoms. The van der Waals surface area contributed by atoms with Crippen molar-refractivity contribution in [1.29, 1.82) is 0 Å². The van der Waals surface area contributed by atoms with Crippen molar-refractivity contribution in [2.45, 2.75) is 32.8 Å². The number of hydrogen-bond acceptors (Lipinski definition) is 4. The van der Waals surface area contributed by atoms with Crippen LogP contribution < -0.4 is 14.9 Å². The second-order valence-electron chi connectivity index (χ2n) is 7.17. The number of unbranched alkanes of at least 4 members (excludes halogenated alkanes) is 1. The number of nitrogens with zero attached hydrogens (tertiary/aromatic N) is 1. The fourth-order valence-electron chi connectivity index (χ4n) is 2.88. The molecule has 0 fully saturated rings. The Labute approximate surface area is 183 Å². The lowest BCUT2D eigenvalue weighted by Crippen LogP contribution is -2.24. The number of ether oxygens (including phenoxy) is 2. The molecule has 0 aliphatic carbocycles. The Morgan fingerprint density at radius 1 is 0.871 bits per heavy atom. The van der Waals surface area contributed by atoms with Crippen molar-refractivity contribution in [2.24, 2.45) is 5.10 Å². The van der Waals surface area contributed by atoms with Gasteiger partial charge in [0, 0.05) is 0 Å². The van der Waals surface area contributed by atoms with E-state index in [2.05, 4.69) is 17.5 Å². The molecule has 0 saturated carbocycles. The average molecular weight is 417 g/mol. The molecule has 0 atom stereocenters. The number of carbonyl (C=O) groups excluding carboxylic acids is 1. The molecule has 3 rings (SSSR count). The fraction of sp³-hybridized carbons (Fsp3) is 0.231. The minimum atomic E-state index is -0.311. The Morgan fingerprint density at radius 3 is 2.26 bits per heavy atom. The Kier molecular flexibility index (Phi) is 8.68. The van der Waals surface area contributed by atoms with Crippen molar-refractivity contribution < 1.29 is 14.3 Å². The van der Waals surface area contributed by atoms with Crippen LogP contribution in [-0.4, -0.2) is 18.7 Å². The lowest BCUT2D eigenvalue weighted by atomic mass is 10.1.